The number of hydrogen-bond donors (Lipinski definition) is 1. The fraction of sp³-hybridized carbons (Fsp3) is 0.733. The summed E-state index contributed by atoms with van der Waals surface area (Å²) in [5, 5.41) is 10.7. The highest BCUT2D eigenvalue weighted by Crippen LogP contribution is 2.37. The summed E-state index contributed by atoms with van der Waals surface area (Å²) in [4.78, 5) is 0. The standard InChI is InChI=1S/C15H26O/c1-4-6-7-11-15(16,5-2)14-10-8-9-13(3)12-14/h4,6,9,14,16H,5,7-8,10-12H2,1-3H3. The Bertz CT molecular complexity index is 265. The molecule has 0 aromatic heterocycles. The van der Waals surface area contributed by atoms with E-state index in [0.717, 1.165) is 38.5 Å². The van der Waals surface area contributed by atoms with Crippen LogP contribution in [0, 0.1) is 5.92 Å². The molecule has 1 heteroatoms. The van der Waals surface area contributed by atoms with Crippen molar-refractivity contribution in [3.05, 3.63) is 23.8 Å². The Morgan fingerprint density at radius 3 is 2.88 bits per heavy atom. The molecular formula is C15H26O. The van der Waals surface area contributed by atoms with Gasteiger partial charge in [0.05, 0.1) is 5.60 Å². The smallest absolute Gasteiger partial charge is 0.0679 e. The first kappa shape index (κ1) is 13.5. The van der Waals surface area contributed by atoms with E-state index in [0.29, 0.717) is 5.92 Å². The van der Waals surface area contributed by atoms with Gasteiger partial charge in [-0.05, 0) is 58.3 Å². The molecule has 0 radical (unpaired) electrons. The molecule has 16 heavy (non-hydrogen) atoms. The zero-order valence-electron chi connectivity index (χ0n) is 11.0. The molecule has 0 amide bonds. The number of hydrogen-bond acceptors (Lipinski definition) is 1. The van der Waals surface area contributed by atoms with Crippen molar-refractivity contribution in [1.82, 2.24) is 0 Å². The number of rotatable bonds is 5. The molecule has 92 valence electrons. The van der Waals surface area contributed by atoms with E-state index < -0.39 is 5.60 Å². The highest BCUT2D eigenvalue weighted by molar-refractivity contribution is 5.07. The summed E-state index contributed by atoms with van der Waals surface area (Å²) in [7, 11) is 0. The molecule has 0 aliphatic heterocycles. The van der Waals surface area contributed by atoms with Gasteiger partial charge in [-0.2, -0.15) is 0 Å². The van der Waals surface area contributed by atoms with Gasteiger partial charge in [-0.25, -0.2) is 0 Å². The minimum atomic E-state index is -0.449. The molecule has 0 fully saturated rings. The molecule has 1 aliphatic carbocycles. The van der Waals surface area contributed by atoms with E-state index in [1.54, 1.807) is 0 Å². The van der Waals surface area contributed by atoms with Gasteiger partial charge in [-0.15, -0.1) is 0 Å². The largest absolute Gasteiger partial charge is 0.390 e. The predicted molar refractivity (Wildman–Crippen MR) is 70.4 cm³/mol. The SMILES string of the molecule is CC=CCCC(O)(CC)C1CCC=C(C)C1. The topological polar surface area (TPSA) is 20.2 Å². The minimum Gasteiger partial charge on any atom is -0.390 e. The second kappa shape index (κ2) is 6.24. The lowest BCUT2D eigenvalue weighted by molar-refractivity contribution is -0.0336. The van der Waals surface area contributed by atoms with Crippen LogP contribution < -0.4 is 0 Å². The quantitative estimate of drug-likeness (QED) is 0.690. The molecule has 2 unspecified atom stereocenters. The Labute approximate surface area is 100 Å². The van der Waals surface area contributed by atoms with Crippen LogP contribution in [0.4, 0.5) is 0 Å². The Kier molecular flexibility index (Phi) is 5.27. The third-order valence-electron chi connectivity index (χ3n) is 3.93. The van der Waals surface area contributed by atoms with Gasteiger partial charge in [0, 0.05) is 0 Å². The molecule has 1 nitrogen and oxygen atoms in total. The number of allylic oxidation sites excluding steroid dienone is 4. The molecule has 0 heterocycles. The summed E-state index contributed by atoms with van der Waals surface area (Å²) in [5.74, 6) is 0.466. The first-order valence-corrected chi connectivity index (χ1v) is 6.61. The van der Waals surface area contributed by atoms with Crippen molar-refractivity contribution in [3.63, 3.8) is 0 Å². The van der Waals surface area contributed by atoms with Gasteiger partial charge < -0.3 is 5.11 Å². The van der Waals surface area contributed by atoms with Crippen LogP contribution in [0.5, 0.6) is 0 Å². The van der Waals surface area contributed by atoms with E-state index in [1.807, 2.05) is 6.92 Å². The third kappa shape index (κ3) is 3.48. The van der Waals surface area contributed by atoms with Gasteiger partial charge in [-0.3, -0.25) is 0 Å². The van der Waals surface area contributed by atoms with E-state index in [9.17, 15) is 5.11 Å². The van der Waals surface area contributed by atoms with E-state index in [4.69, 9.17) is 0 Å². The number of aliphatic hydroxyl groups is 1. The van der Waals surface area contributed by atoms with Gasteiger partial charge >= 0.3 is 0 Å². The zero-order chi connectivity index (χ0) is 12.0. The Morgan fingerprint density at radius 2 is 2.31 bits per heavy atom. The summed E-state index contributed by atoms with van der Waals surface area (Å²) in [6.45, 7) is 6.34. The Morgan fingerprint density at radius 1 is 1.56 bits per heavy atom. The van der Waals surface area contributed by atoms with Crippen molar-refractivity contribution in [1.29, 1.82) is 0 Å². The maximum atomic E-state index is 10.7. The summed E-state index contributed by atoms with van der Waals surface area (Å²) in [6.07, 6.45) is 12.7. The average molecular weight is 222 g/mol. The van der Waals surface area contributed by atoms with Crippen molar-refractivity contribution >= 4 is 0 Å². The van der Waals surface area contributed by atoms with Crippen molar-refractivity contribution in [2.75, 3.05) is 0 Å². The van der Waals surface area contributed by atoms with Gasteiger partial charge in [0.25, 0.3) is 0 Å². The monoisotopic (exact) mass is 222 g/mol. The Hall–Kier alpha value is -0.560. The molecule has 1 aliphatic rings. The van der Waals surface area contributed by atoms with Crippen molar-refractivity contribution < 1.29 is 5.11 Å². The Balaban J connectivity index is 2.60. The van der Waals surface area contributed by atoms with Crippen LogP contribution in [-0.4, -0.2) is 10.7 Å². The van der Waals surface area contributed by atoms with Crippen molar-refractivity contribution in [2.45, 2.75) is 64.9 Å². The molecule has 0 spiro atoms. The molecule has 0 aromatic rings. The normalized spacial score (nSPS) is 25.5. The first-order valence-electron chi connectivity index (χ1n) is 6.61. The predicted octanol–water partition coefficient (Wildman–Crippen LogP) is 4.23. The van der Waals surface area contributed by atoms with Crippen LogP contribution in [0.3, 0.4) is 0 Å². The first-order chi connectivity index (χ1) is 7.62. The van der Waals surface area contributed by atoms with Gasteiger partial charge in [0.1, 0.15) is 0 Å². The average Bonchev–Trinajstić information content (AvgIpc) is 2.29. The second-order valence-electron chi connectivity index (χ2n) is 5.09. The van der Waals surface area contributed by atoms with Gasteiger partial charge in [-0.1, -0.05) is 30.7 Å². The zero-order valence-corrected chi connectivity index (χ0v) is 11.0. The van der Waals surface area contributed by atoms with Crippen LogP contribution >= 0.6 is 0 Å². The molecule has 1 N–H and O–H groups in total. The molecule has 2 atom stereocenters. The lowest BCUT2D eigenvalue weighted by atomic mass is 9.73. The van der Waals surface area contributed by atoms with E-state index in [1.165, 1.54) is 5.57 Å². The molecule has 0 saturated heterocycles. The molecule has 0 saturated carbocycles. The lowest BCUT2D eigenvalue weighted by Gasteiger charge is -2.37. The van der Waals surface area contributed by atoms with Crippen LogP contribution in [0.1, 0.15) is 59.3 Å². The van der Waals surface area contributed by atoms with Crippen LogP contribution in [0.15, 0.2) is 23.8 Å². The van der Waals surface area contributed by atoms with Gasteiger partial charge in [0.2, 0.25) is 0 Å². The fourth-order valence-corrected chi connectivity index (χ4v) is 2.73. The maximum Gasteiger partial charge on any atom is 0.0679 e. The fourth-order valence-electron chi connectivity index (χ4n) is 2.73. The lowest BCUT2D eigenvalue weighted by Crippen LogP contribution is -2.38. The minimum absolute atomic E-state index is 0.449. The van der Waals surface area contributed by atoms with Crippen LogP contribution in [-0.2, 0) is 0 Å². The highest BCUT2D eigenvalue weighted by Gasteiger charge is 2.34. The summed E-state index contributed by atoms with van der Waals surface area (Å²) >= 11 is 0. The molecular weight excluding hydrogens is 196 g/mol. The van der Waals surface area contributed by atoms with Crippen LogP contribution in [0.25, 0.3) is 0 Å². The van der Waals surface area contributed by atoms with E-state index >= 15 is 0 Å². The van der Waals surface area contributed by atoms with Gasteiger partial charge in [0.15, 0.2) is 0 Å². The van der Waals surface area contributed by atoms with Crippen LogP contribution in [0.2, 0.25) is 0 Å². The summed E-state index contributed by atoms with van der Waals surface area (Å²) in [6, 6.07) is 0. The van der Waals surface area contributed by atoms with E-state index in [2.05, 4.69) is 32.1 Å². The maximum absolute atomic E-state index is 10.7. The molecule has 0 bridgehead atoms. The molecule has 1 rings (SSSR count). The van der Waals surface area contributed by atoms with Crippen molar-refractivity contribution in [3.8, 4) is 0 Å². The third-order valence-corrected chi connectivity index (χ3v) is 3.93. The summed E-state index contributed by atoms with van der Waals surface area (Å²) in [5.41, 5.74) is 1.00. The summed E-state index contributed by atoms with van der Waals surface area (Å²) < 4.78 is 0. The van der Waals surface area contributed by atoms with E-state index in [-0.39, 0.29) is 0 Å². The molecule has 0 aromatic carbocycles. The van der Waals surface area contributed by atoms with Crippen molar-refractivity contribution in [2.24, 2.45) is 5.92 Å². The second-order valence-corrected chi connectivity index (χ2v) is 5.09. The highest BCUT2D eigenvalue weighted by atomic mass is 16.3.